The summed E-state index contributed by atoms with van der Waals surface area (Å²) in [5, 5.41) is 8.48. The molecule has 1 unspecified atom stereocenters. The zero-order chi connectivity index (χ0) is 8.97. The summed E-state index contributed by atoms with van der Waals surface area (Å²) in [7, 11) is 0. The number of rotatable bonds is 4. The van der Waals surface area contributed by atoms with Gasteiger partial charge >= 0.3 is 5.97 Å². The topological polar surface area (TPSA) is 68.2 Å². The Morgan fingerprint density at radius 1 is 1.50 bits per heavy atom. The van der Waals surface area contributed by atoms with Gasteiger partial charge in [0.15, 0.2) is 0 Å². The monoisotopic (exact) mass is 168 g/mol. The molecular weight excluding hydrogens is 156 g/mol. The highest BCUT2D eigenvalue weighted by Crippen LogP contribution is 1.95. The van der Waals surface area contributed by atoms with Gasteiger partial charge in [-0.3, -0.25) is 4.79 Å². The Bertz CT molecular complexity index is 244. The molecule has 0 bridgehead atoms. The molecule has 4 heteroatoms. The summed E-state index contributed by atoms with van der Waals surface area (Å²) in [4.78, 5) is 10.3. The summed E-state index contributed by atoms with van der Waals surface area (Å²) in [5.41, 5.74) is 5.32. The van der Waals surface area contributed by atoms with Crippen molar-refractivity contribution >= 4 is 5.97 Å². The van der Waals surface area contributed by atoms with Gasteiger partial charge in [0, 0.05) is 18.9 Å². The number of hydrogen-bond donors (Lipinski definition) is 2. The van der Waals surface area contributed by atoms with Crippen molar-refractivity contribution in [3.8, 4) is 0 Å². The maximum Gasteiger partial charge on any atom is 0.320 e. The van der Waals surface area contributed by atoms with Crippen LogP contribution in [-0.4, -0.2) is 21.7 Å². The van der Waals surface area contributed by atoms with E-state index in [0.717, 1.165) is 0 Å². The van der Waals surface area contributed by atoms with E-state index in [1.54, 1.807) is 0 Å². The first-order valence-electron chi connectivity index (χ1n) is 3.79. The van der Waals surface area contributed by atoms with Crippen molar-refractivity contribution < 1.29 is 9.90 Å². The molecule has 0 aliphatic heterocycles. The average molecular weight is 168 g/mol. The van der Waals surface area contributed by atoms with Gasteiger partial charge < -0.3 is 15.4 Å². The summed E-state index contributed by atoms with van der Waals surface area (Å²) >= 11 is 0. The molecule has 0 aliphatic rings. The fraction of sp³-hybridized carbons (Fsp3) is 0.375. The molecule has 1 aromatic rings. The van der Waals surface area contributed by atoms with E-state index in [1.165, 1.54) is 0 Å². The van der Waals surface area contributed by atoms with Crippen molar-refractivity contribution in [2.45, 2.75) is 19.0 Å². The molecule has 12 heavy (non-hydrogen) atoms. The number of carboxylic acids is 1. The minimum Gasteiger partial charge on any atom is -0.480 e. The van der Waals surface area contributed by atoms with E-state index in [0.29, 0.717) is 13.0 Å². The van der Waals surface area contributed by atoms with E-state index in [2.05, 4.69) is 0 Å². The summed E-state index contributed by atoms with van der Waals surface area (Å²) in [6.45, 7) is 0.653. The fourth-order valence-electron chi connectivity index (χ4n) is 0.931. The summed E-state index contributed by atoms with van der Waals surface area (Å²) in [5.74, 6) is -0.942. The molecule has 0 spiro atoms. The molecule has 1 rings (SSSR count). The SMILES string of the molecule is NC(CCn1cccc1)C(=O)O. The maximum absolute atomic E-state index is 10.3. The zero-order valence-electron chi connectivity index (χ0n) is 6.68. The van der Waals surface area contributed by atoms with Crippen LogP contribution in [0.3, 0.4) is 0 Å². The Morgan fingerprint density at radius 2 is 2.08 bits per heavy atom. The van der Waals surface area contributed by atoms with Crippen molar-refractivity contribution in [2.75, 3.05) is 0 Å². The molecule has 0 aromatic carbocycles. The van der Waals surface area contributed by atoms with Crippen LogP contribution in [-0.2, 0) is 11.3 Å². The first kappa shape index (κ1) is 8.80. The molecule has 0 saturated heterocycles. The number of aliphatic carboxylic acids is 1. The molecule has 1 aromatic heterocycles. The molecule has 3 N–H and O–H groups in total. The van der Waals surface area contributed by atoms with Gasteiger partial charge in [0.2, 0.25) is 0 Å². The highest BCUT2D eigenvalue weighted by molar-refractivity contribution is 5.72. The van der Waals surface area contributed by atoms with Crippen LogP contribution < -0.4 is 5.73 Å². The highest BCUT2D eigenvalue weighted by Gasteiger charge is 2.09. The Hall–Kier alpha value is -1.29. The molecule has 0 fully saturated rings. The van der Waals surface area contributed by atoms with E-state index in [-0.39, 0.29) is 0 Å². The van der Waals surface area contributed by atoms with Crippen LogP contribution in [0.15, 0.2) is 24.5 Å². The second-order valence-electron chi connectivity index (χ2n) is 2.65. The Balaban J connectivity index is 2.31. The first-order chi connectivity index (χ1) is 5.70. The molecular formula is C8H12N2O2. The largest absolute Gasteiger partial charge is 0.480 e. The first-order valence-corrected chi connectivity index (χ1v) is 3.79. The fourth-order valence-corrected chi connectivity index (χ4v) is 0.931. The molecule has 66 valence electrons. The lowest BCUT2D eigenvalue weighted by molar-refractivity contribution is -0.138. The lowest BCUT2D eigenvalue weighted by atomic mass is 10.2. The summed E-state index contributed by atoms with van der Waals surface area (Å²) < 4.78 is 1.91. The van der Waals surface area contributed by atoms with Crippen LogP contribution in [0.4, 0.5) is 0 Å². The second-order valence-corrected chi connectivity index (χ2v) is 2.65. The molecule has 0 saturated carbocycles. The number of aryl methyl sites for hydroxylation is 1. The van der Waals surface area contributed by atoms with Crippen LogP contribution in [0.5, 0.6) is 0 Å². The summed E-state index contributed by atoms with van der Waals surface area (Å²) in [6, 6.07) is 3.03. The van der Waals surface area contributed by atoms with Gasteiger partial charge in [-0.1, -0.05) is 0 Å². The van der Waals surface area contributed by atoms with Gasteiger partial charge in [0.05, 0.1) is 0 Å². The third-order valence-electron chi connectivity index (χ3n) is 1.68. The van der Waals surface area contributed by atoms with E-state index < -0.39 is 12.0 Å². The molecule has 0 aliphatic carbocycles. The minimum atomic E-state index is -0.942. The van der Waals surface area contributed by atoms with Crippen LogP contribution in [0.25, 0.3) is 0 Å². The van der Waals surface area contributed by atoms with Gasteiger partial charge in [0.25, 0.3) is 0 Å². The molecule has 4 nitrogen and oxygen atoms in total. The lowest BCUT2D eigenvalue weighted by Crippen LogP contribution is -2.31. The van der Waals surface area contributed by atoms with Gasteiger partial charge in [-0.2, -0.15) is 0 Å². The van der Waals surface area contributed by atoms with Crippen molar-refractivity contribution in [3.63, 3.8) is 0 Å². The zero-order valence-corrected chi connectivity index (χ0v) is 6.68. The Morgan fingerprint density at radius 3 is 2.58 bits per heavy atom. The quantitative estimate of drug-likeness (QED) is 0.679. The number of carboxylic acid groups (broad SMARTS) is 1. The number of hydrogen-bond acceptors (Lipinski definition) is 2. The van der Waals surface area contributed by atoms with Crippen LogP contribution in [0, 0.1) is 0 Å². The predicted molar refractivity (Wildman–Crippen MR) is 44.7 cm³/mol. The van der Waals surface area contributed by atoms with E-state index >= 15 is 0 Å². The van der Waals surface area contributed by atoms with Crippen LogP contribution in [0.2, 0.25) is 0 Å². The van der Waals surface area contributed by atoms with Gasteiger partial charge in [0.1, 0.15) is 6.04 Å². The third-order valence-corrected chi connectivity index (χ3v) is 1.68. The average Bonchev–Trinajstić information content (AvgIpc) is 2.51. The standard InChI is InChI=1S/C8H12N2O2/c9-7(8(11)12)3-6-10-4-1-2-5-10/h1-2,4-5,7H,3,6,9H2,(H,11,12). The van der Waals surface area contributed by atoms with Crippen molar-refractivity contribution in [1.29, 1.82) is 0 Å². The second kappa shape index (κ2) is 3.92. The van der Waals surface area contributed by atoms with Crippen LogP contribution >= 0.6 is 0 Å². The number of nitrogens with zero attached hydrogens (tertiary/aromatic N) is 1. The Kier molecular flexibility index (Phi) is 2.88. The number of carbonyl (C=O) groups is 1. The minimum absolute atomic E-state index is 0.462. The van der Waals surface area contributed by atoms with Crippen molar-refractivity contribution in [2.24, 2.45) is 5.73 Å². The molecule has 0 radical (unpaired) electrons. The Labute approximate surface area is 70.6 Å². The van der Waals surface area contributed by atoms with E-state index in [9.17, 15) is 4.79 Å². The summed E-state index contributed by atoms with van der Waals surface area (Å²) in [6.07, 6.45) is 4.23. The van der Waals surface area contributed by atoms with E-state index in [1.807, 2.05) is 29.1 Å². The third kappa shape index (κ3) is 2.39. The van der Waals surface area contributed by atoms with Gasteiger partial charge in [-0.25, -0.2) is 0 Å². The van der Waals surface area contributed by atoms with Crippen molar-refractivity contribution in [1.82, 2.24) is 4.57 Å². The molecule has 1 heterocycles. The predicted octanol–water partition coefficient (Wildman–Crippen LogP) is 0.290. The maximum atomic E-state index is 10.3. The highest BCUT2D eigenvalue weighted by atomic mass is 16.4. The molecule has 1 atom stereocenters. The van der Waals surface area contributed by atoms with Gasteiger partial charge in [-0.15, -0.1) is 0 Å². The van der Waals surface area contributed by atoms with Crippen LogP contribution in [0.1, 0.15) is 6.42 Å². The van der Waals surface area contributed by atoms with E-state index in [4.69, 9.17) is 10.8 Å². The number of aromatic nitrogens is 1. The number of nitrogens with two attached hydrogens (primary N) is 1. The smallest absolute Gasteiger partial charge is 0.320 e. The lowest BCUT2D eigenvalue weighted by Gasteiger charge is -2.06. The van der Waals surface area contributed by atoms with Crippen molar-refractivity contribution in [3.05, 3.63) is 24.5 Å². The molecule has 0 amide bonds. The van der Waals surface area contributed by atoms with Gasteiger partial charge in [-0.05, 0) is 18.6 Å². The normalized spacial score (nSPS) is 12.8.